The lowest BCUT2D eigenvalue weighted by molar-refractivity contribution is -0.134. The minimum Gasteiger partial charge on any atom is -0.271 e. The van der Waals surface area contributed by atoms with Crippen LogP contribution in [0.4, 0.5) is 13.6 Å². The van der Waals surface area contributed by atoms with Crippen molar-refractivity contribution in [1.82, 2.24) is 10.0 Å². The summed E-state index contributed by atoms with van der Waals surface area (Å²) in [6.07, 6.45) is 0. The maximum Gasteiger partial charge on any atom is 0.440 e. The van der Waals surface area contributed by atoms with Crippen molar-refractivity contribution in [1.29, 1.82) is 0 Å². The predicted molar refractivity (Wildman–Crippen MR) is 30.5 cm³/mol. The molecule has 0 aliphatic carbocycles. The molecule has 0 bridgehead atoms. The molecular weight excluding hydrogens is 198 g/mol. The third-order valence-electron chi connectivity index (χ3n) is 1.06. The lowest BCUT2D eigenvalue weighted by atomic mass is 10.6. The zero-order valence-electron chi connectivity index (χ0n) is 5.30. The molecule has 0 aromatic heterocycles. The van der Waals surface area contributed by atoms with E-state index in [1.165, 1.54) is 0 Å². The van der Waals surface area contributed by atoms with E-state index in [4.69, 9.17) is 0 Å². The van der Waals surface area contributed by atoms with E-state index in [1.54, 1.807) is 0 Å². The summed E-state index contributed by atoms with van der Waals surface area (Å²) >= 11 is 0. The van der Waals surface area contributed by atoms with Gasteiger partial charge in [0.25, 0.3) is 0 Å². The number of urea groups is 1. The van der Waals surface area contributed by atoms with Crippen molar-refractivity contribution in [2.75, 3.05) is 0 Å². The zero-order chi connectivity index (χ0) is 9.57. The van der Waals surface area contributed by atoms with Crippen molar-refractivity contribution in [2.45, 2.75) is 5.25 Å². The number of sulfonamides is 1. The van der Waals surface area contributed by atoms with Crippen LogP contribution in [-0.2, 0) is 14.8 Å². The number of nitrogens with one attached hydrogen (secondary N) is 2. The molecule has 12 heavy (non-hydrogen) atoms. The van der Waals surface area contributed by atoms with Crippen molar-refractivity contribution >= 4 is 22.0 Å². The van der Waals surface area contributed by atoms with Crippen LogP contribution in [0.25, 0.3) is 0 Å². The van der Waals surface area contributed by atoms with Crippen molar-refractivity contribution in [3.8, 4) is 0 Å². The van der Waals surface area contributed by atoms with Crippen molar-refractivity contribution < 1.29 is 26.8 Å². The molecule has 0 saturated carbocycles. The summed E-state index contributed by atoms with van der Waals surface area (Å²) in [6, 6.07) is -1.48. The second-order valence-corrected chi connectivity index (χ2v) is 3.63. The zero-order valence-corrected chi connectivity index (χ0v) is 6.11. The molecule has 0 aromatic rings. The summed E-state index contributed by atoms with van der Waals surface area (Å²) < 4.78 is 46.4. The predicted octanol–water partition coefficient (Wildman–Crippen LogP) is -1.25. The first-order valence-corrected chi connectivity index (χ1v) is 4.01. The number of amides is 3. The Labute approximate surface area is 65.0 Å². The van der Waals surface area contributed by atoms with Gasteiger partial charge < -0.3 is 0 Å². The van der Waals surface area contributed by atoms with Gasteiger partial charge >= 0.3 is 27.2 Å². The van der Waals surface area contributed by atoms with E-state index in [1.807, 2.05) is 0 Å². The summed E-state index contributed by atoms with van der Waals surface area (Å²) in [5.74, 6) is -2.15. The van der Waals surface area contributed by atoms with E-state index in [-0.39, 0.29) is 0 Å². The normalized spacial score (nSPS) is 25.8. The minimum atomic E-state index is -5.20. The molecule has 1 saturated heterocycles. The SMILES string of the molecule is O=C1NC(=O)C(F)(F)S(=O)(=O)N1. The highest BCUT2D eigenvalue weighted by Crippen LogP contribution is 2.22. The molecule has 68 valence electrons. The first-order valence-electron chi connectivity index (χ1n) is 2.53. The van der Waals surface area contributed by atoms with E-state index < -0.39 is 27.2 Å². The minimum absolute atomic E-state index is 0.928. The molecule has 1 rings (SSSR count). The van der Waals surface area contributed by atoms with Gasteiger partial charge in [0.2, 0.25) is 0 Å². The monoisotopic (exact) mass is 200 g/mol. The van der Waals surface area contributed by atoms with Gasteiger partial charge in [0.05, 0.1) is 0 Å². The molecular formula is C3H2F2N2O4S. The van der Waals surface area contributed by atoms with Crippen molar-refractivity contribution in [2.24, 2.45) is 0 Å². The number of rotatable bonds is 0. The van der Waals surface area contributed by atoms with Crippen LogP contribution in [0.3, 0.4) is 0 Å². The van der Waals surface area contributed by atoms with Crippen LogP contribution in [0.15, 0.2) is 0 Å². The Balaban J connectivity index is 3.20. The highest BCUT2D eigenvalue weighted by atomic mass is 32.2. The fraction of sp³-hybridized carbons (Fsp3) is 0.333. The van der Waals surface area contributed by atoms with Gasteiger partial charge in [-0.15, -0.1) is 0 Å². The van der Waals surface area contributed by atoms with E-state index >= 15 is 0 Å². The number of halogens is 2. The Hall–Kier alpha value is -1.25. The number of hydrogen-bond acceptors (Lipinski definition) is 4. The van der Waals surface area contributed by atoms with Crippen LogP contribution < -0.4 is 10.0 Å². The maximum absolute atomic E-state index is 12.3. The summed E-state index contributed by atoms with van der Waals surface area (Å²) in [6.45, 7) is 0. The summed E-state index contributed by atoms with van der Waals surface area (Å²) in [5.41, 5.74) is 0. The number of carbonyl (C=O) groups is 2. The van der Waals surface area contributed by atoms with Gasteiger partial charge in [-0.2, -0.15) is 17.2 Å². The van der Waals surface area contributed by atoms with Gasteiger partial charge in [-0.1, -0.05) is 0 Å². The maximum atomic E-state index is 12.3. The Bertz CT molecular complexity index is 347. The number of carbonyl (C=O) groups excluding carboxylic acids is 2. The molecule has 1 heterocycles. The van der Waals surface area contributed by atoms with Crippen LogP contribution in [-0.4, -0.2) is 25.6 Å². The topological polar surface area (TPSA) is 92.3 Å². The summed E-state index contributed by atoms with van der Waals surface area (Å²) in [7, 11) is -5.20. The van der Waals surface area contributed by atoms with E-state index in [9.17, 15) is 26.8 Å². The highest BCUT2D eigenvalue weighted by Gasteiger charge is 2.57. The Morgan fingerprint density at radius 2 is 1.75 bits per heavy atom. The van der Waals surface area contributed by atoms with Gasteiger partial charge in [0.1, 0.15) is 0 Å². The average molecular weight is 200 g/mol. The molecule has 1 fully saturated rings. The molecule has 0 spiro atoms. The van der Waals surface area contributed by atoms with Crippen LogP contribution in [0.1, 0.15) is 0 Å². The van der Waals surface area contributed by atoms with Gasteiger partial charge in [0, 0.05) is 0 Å². The lowest BCUT2D eigenvalue weighted by Crippen LogP contribution is -2.61. The van der Waals surface area contributed by atoms with Gasteiger partial charge in [0.15, 0.2) is 0 Å². The quantitative estimate of drug-likeness (QED) is 0.511. The van der Waals surface area contributed by atoms with Crippen LogP contribution in [0.2, 0.25) is 0 Å². The van der Waals surface area contributed by atoms with Crippen molar-refractivity contribution in [3.05, 3.63) is 0 Å². The van der Waals surface area contributed by atoms with E-state index in [0.717, 1.165) is 10.0 Å². The smallest absolute Gasteiger partial charge is 0.271 e. The second-order valence-electron chi connectivity index (χ2n) is 1.91. The second kappa shape index (κ2) is 2.12. The molecule has 1 aliphatic heterocycles. The van der Waals surface area contributed by atoms with Gasteiger partial charge in [-0.3, -0.25) is 10.1 Å². The Morgan fingerprint density at radius 1 is 1.25 bits per heavy atom. The third-order valence-corrected chi connectivity index (χ3v) is 2.37. The highest BCUT2D eigenvalue weighted by molar-refractivity contribution is 7.92. The first-order chi connectivity index (χ1) is 5.27. The number of alkyl halides is 2. The molecule has 1 aliphatic rings. The fourth-order valence-corrected chi connectivity index (χ4v) is 1.23. The molecule has 0 radical (unpaired) electrons. The fourth-order valence-electron chi connectivity index (χ4n) is 0.510. The third kappa shape index (κ3) is 1.02. The Morgan fingerprint density at radius 3 is 2.17 bits per heavy atom. The average Bonchev–Trinajstić information content (AvgIpc) is 1.82. The number of hydrogen-bond donors (Lipinski definition) is 2. The van der Waals surface area contributed by atoms with Crippen molar-refractivity contribution in [3.63, 3.8) is 0 Å². The summed E-state index contributed by atoms with van der Waals surface area (Å²) in [5, 5.41) is -3.49. The standard InChI is InChI=1S/C3H2F2N2O4S/c4-3(5)1(8)6-2(9)7-12(3,10)11/h(H2,6,7,8,9). The van der Waals surface area contributed by atoms with Crippen LogP contribution in [0.5, 0.6) is 0 Å². The molecule has 3 amide bonds. The van der Waals surface area contributed by atoms with Gasteiger partial charge in [-0.05, 0) is 0 Å². The molecule has 9 heteroatoms. The Kier molecular flexibility index (Phi) is 1.56. The van der Waals surface area contributed by atoms with E-state index in [0.29, 0.717) is 0 Å². The molecule has 6 nitrogen and oxygen atoms in total. The largest absolute Gasteiger partial charge is 0.440 e. The number of imide groups is 1. The molecule has 0 unspecified atom stereocenters. The summed E-state index contributed by atoms with van der Waals surface area (Å²) in [4.78, 5) is 20.5. The first kappa shape index (κ1) is 8.84. The molecule has 2 N–H and O–H groups in total. The molecule has 0 aromatic carbocycles. The van der Waals surface area contributed by atoms with Gasteiger partial charge in [-0.25, -0.2) is 9.52 Å². The van der Waals surface area contributed by atoms with E-state index in [2.05, 4.69) is 0 Å². The lowest BCUT2D eigenvalue weighted by Gasteiger charge is -2.20. The van der Waals surface area contributed by atoms with Crippen LogP contribution >= 0.6 is 0 Å². The molecule has 0 atom stereocenters. The van der Waals surface area contributed by atoms with Crippen LogP contribution in [0, 0.1) is 0 Å².